The summed E-state index contributed by atoms with van der Waals surface area (Å²) in [5.74, 6) is 1.17. The van der Waals surface area contributed by atoms with Gasteiger partial charge in [0.15, 0.2) is 16.0 Å². The maximum atomic E-state index is 12.6. The number of halogens is 1. The van der Waals surface area contributed by atoms with E-state index in [0.29, 0.717) is 33.1 Å². The number of benzene rings is 1. The van der Waals surface area contributed by atoms with Gasteiger partial charge >= 0.3 is 0 Å². The minimum Gasteiger partial charge on any atom is -0.493 e. The van der Waals surface area contributed by atoms with Crippen molar-refractivity contribution in [3.8, 4) is 17.2 Å². The lowest BCUT2D eigenvalue weighted by Crippen LogP contribution is -2.15. The molecule has 0 aliphatic carbocycles. The molecule has 0 unspecified atom stereocenters. The molecule has 0 fully saturated rings. The van der Waals surface area contributed by atoms with Gasteiger partial charge in [-0.1, -0.05) is 25.4 Å². The minimum absolute atomic E-state index is 0.149. The van der Waals surface area contributed by atoms with Crippen LogP contribution < -0.4 is 19.5 Å². The summed E-state index contributed by atoms with van der Waals surface area (Å²) in [6, 6.07) is 3.31. The summed E-state index contributed by atoms with van der Waals surface area (Å²) in [7, 11) is 4.55. The molecular weight excluding hydrogens is 352 g/mol. The Labute approximate surface area is 149 Å². The Kier molecular flexibility index (Phi) is 5.90. The highest BCUT2D eigenvalue weighted by molar-refractivity contribution is 7.16. The van der Waals surface area contributed by atoms with E-state index in [1.807, 2.05) is 13.8 Å². The zero-order chi connectivity index (χ0) is 17.9. The molecule has 1 N–H and O–H groups in total. The van der Waals surface area contributed by atoms with Gasteiger partial charge in [0.2, 0.25) is 5.75 Å². The van der Waals surface area contributed by atoms with Gasteiger partial charge in [-0.2, -0.15) is 0 Å². The molecule has 130 valence electrons. The molecule has 0 radical (unpaired) electrons. The number of methoxy groups -OCH3 is 3. The number of aromatic nitrogens is 1. The number of hydrogen-bond donors (Lipinski definition) is 1. The molecule has 0 aliphatic heterocycles. The van der Waals surface area contributed by atoms with E-state index in [0.717, 1.165) is 4.88 Å². The Morgan fingerprint density at radius 3 is 2.21 bits per heavy atom. The fourth-order valence-corrected chi connectivity index (χ4v) is 3.33. The molecule has 0 bridgehead atoms. The van der Waals surface area contributed by atoms with E-state index in [4.69, 9.17) is 25.8 Å². The number of carbonyl (C=O) groups excluding carboxylic acids is 1. The first kappa shape index (κ1) is 18.4. The van der Waals surface area contributed by atoms with Crippen molar-refractivity contribution in [1.82, 2.24) is 4.98 Å². The average Bonchev–Trinajstić information content (AvgIpc) is 2.96. The van der Waals surface area contributed by atoms with Gasteiger partial charge < -0.3 is 19.5 Å². The maximum absolute atomic E-state index is 12.6. The molecule has 1 aromatic heterocycles. The number of nitrogens with one attached hydrogen (secondary N) is 1. The number of amides is 1. The molecule has 0 saturated heterocycles. The second-order valence-electron chi connectivity index (χ2n) is 5.20. The van der Waals surface area contributed by atoms with Crippen LogP contribution in [0.4, 0.5) is 5.69 Å². The summed E-state index contributed by atoms with van der Waals surface area (Å²) in [5, 5.41) is 2.80. The highest BCUT2D eigenvalue weighted by Crippen LogP contribution is 2.40. The van der Waals surface area contributed by atoms with E-state index in [-0.39, 0.29) is 11.8 Å². The zero-order valence-corrected chi connectivity index (χ0v) is 15.7. The molecule has 8 heteroatoms. The van der Waals surface area contributed by atoms with Crippen LogP contribution in [0.25, 0.3) is 0 Å². The lowest BCUT2D eigenvalue weighted by molar-refractivity contribution is 0.102. The normalized spacial score (nSPS) is 10.6. The van der Waals surface area contributed by atoms with Crippen LogP contribution in [0.3, 0.4) is 0 Å². The van der Waals surface area contributed by atoms with Gasteiger partial charge in [0, 0.05) is 22.7 Å². The fourth-order valence-electron chi connectivity index (χ4n) is 2.20. The van der Waals surface area contributed by atoms with E-state index in [9.17, 15) is 4.79 Å². The molecule has 6 nitrogen and oxygen atoms in total. The van der Waals surface area contributed by atoms with Crippen molar-refractivity contribution < 1.29 is 19.0 Å². The summed E-state index contributed by atoms with van der Waals surface area (Å²) in [5.41, 5.74) is 0.835. The largest absolute Gasteiger partial charge is 0.493 e. The zero-order valence-electron chi connectivity index (χ0n) is 14.1. The molecule has 0 saturated carbocycles. The van der Waals surface area contributed by atoms with Crippen LogP contribution in [0.5, 0.6) is 17.2 Å². The topological polar surface area (TPSA) is 69.7 Å². The summed E-state index contributed by atoms with van der Waals surface area (Å²) in [4.78, 5) is 17.5. The van der Waals surface area contributed by atoms with Gasteiger partial charge in [-0.25, -0.2) is 4.98 Å². The Morgan fingerprint density at radius 1 is 1.17 bits per heavy atom. The van der Waals surface area contributed by atoms with E-state index in [1.165, 1.54) is 32.7 Å². The Hall–Kier alpha value is -1.99. The smallest absolute Gasteiger partial charge is 0.275 e. The Morgan fingerprint density at radius 2 is 1.75 bits per heavy atom. The fraction of sp³-hybridized carbons (Fsp3) is 0.375. The first-order chi connectivity index (χ1) is 11.4. The van der Waals surface area contributed by atoms with Gasteiger partial charge in [-0.3, -0.25) is 4.79 Å². The van der Waals surface area contributed by atoms with Crippen LogP contribution in [-0.4, -0.2) is 32.2 Å². The SMILES string of the molecule is COc1cc(NC(=O)c2nc(Cl)sc2C(C)C)cc(OC)c1OC. The number of anilines is 1. The third kappa shape index (κ3) is 3.73. The van der Waals surface area contributed by atoms with Crippen LogP contribution in [-0.2, 0) is 0 Å². The number of nitrogens with zero attached hydrogens (tertiary/aromatic N) is 1. The van der Waals surface area contributed by atoms with Crippen LogP contribution in [0.2, 0.25) is 4.47 Å². The molecule has 2 rings (SSSR count). The van der Waals surface area contributed by atoms with Crippen molar-refractivity contribution in [3.63, 3.8) is 0 Å². The molecule has 1 aromatic carbocycles. The lowest BCUT2D eigenvalue weighted by atomic mass is 10.1. The van der Waals surface area contributed by atoms with E-state index < -0.39 is 0 Å². The monoisotopic (exact) mass is 370 g/mol. The third-order valence-corrected chi connectivity index (χ3v) is 4.75. The Balaban J connectivity index is 2.36. The summed E-state index contributed by atoms with van der Waals surface area (Å²) in [6.45, 7) is 3.97. The van der Waals surface area contributed by atoms with Crippen LogP contribution in [0, 0.1) is 0 Å². The molecule has 1 heterocycles. The van der Waals surface area contributed by atoms with E-state index in [2.05, 4.69) is 10.3 Å². The summed E-state index contributed by atoms with van der Waals surface area (Å²) >= 11 is 7.27. The maximum Gasteiger partial charge on any atom is 0.275 e. The van der Waals surface area contributed by atoms with E-state index in [1.54, 1.807) is 12.1 Å². The standard InChI is InChI=1S/C16H19ClN2O4S/c1-8(2)14-12(19-16(17)24-14)15(20)18-9-6-10(21-3)13(23-5)11(7-9)22-4/h6-8H,1-5H3,(H,18,20). The lowest BCUT2D eigenvalue weighted by Gasteiger charge is -2.14. The molecular formula is C16H19ClN2O4S. The second-order valence-corrected chi connectivity index (χ2v) is 6.82. The minimum atomic E-state index is -0.337. The van der Waals surface area contributed by atoms with Crippen molar-refractivity contribution in [2.75, 3.05) is 26.6 Å². The molecule has 0 spiro atoms. The van der Waals surface area contributed by atoms with Gasteiger partial charge in [-0.15, -0.1) is 11.3 Å². The number of carbonyl (C=O) groups is 1. The molecule has 0 atom stereocenters. The molecule has 24 heavy (non-hydrogen) atoms. The highest BCUT2D eigenvalue weighted by atomic mass is 35.5. The molecule has 2 aromatic rings. The number of thiazole rings is 1. The Bertz CT molecular complexity index is 721. The second kappa shape index (κ2) is 7.72. The third-order valence-electron chi connectivity index (χ3n) is 3.29. The van der Waals surface area contributed by atoms with Crippen LogP contribution in [0.1, 0.15) is 35.1 Å². The molecule has 1 amide bonds. The van der Waals surface area contributed by atoms with Crippen molar-refractivity contribution in [3.05, 3.63) is 27.2 Å². The highest BCUT2D eigenvalue weighted by Gasteiger charge is 2.21. The van der Waals surface area contributed by atoms with Gasteiger partial charge in [-0.05, 0) is 5.92 Å². The van der Waals surface area contributed by atoms with Crippen molar-refractivity contribution in [2.45, 2.75) is 19.8 Å². The predicted octanol–water partition coefficient (Wildman–Crippen LogP) is 4.20. The number of rotatable bonds is 6. The van der Waals surface area contributed by atoms with Crippen molar-refractivity contribution >= 4 is 34.5 Å². The number of hydrogen-bond acceptors (Lipinski definition) is 6. The summed E-state index contributed by atoms with van der Waals surface area (Å²) < 4.78 is 16.2. The average molecular weight is 371 g/mol. The first-order valence-corrected chi connectivity index (χ1v) is 8.38. The van der Waals surface area contributed by atoms with Gasteiger partial charge in [0.05, 0.1) is 21.3 Å². The van der Waals surface area contributed by atoms with Crippen LogP contribution >= 0.6 is 22.9 Å². The first-order valence-electron chi connectivity index (χ1n) is 7.18. The van der Waals surface area contributed by atoms with E-state index >= 15 is 0 Å². The van der Waals surface area contributed by atoms with Crippen molar-refractivity contribution in [2.24, 2.45) is 0 Å². The van der Waals surface area contributed by atoms with Crippen LogP contribution in [0.15, 0.2) is 12.1 Å². The van der Waals surface area contributed by atoms with Gasteiger partial charge in [0.25, 0.3) is 5.91 Å². The van der Waals surface area contributed by atoms with Crippen molar-refractivity contribution in [1.29, 1.82) is 0 Å². The number of ether oxygens (including phenoxy) is 3. The quantitative estimate of drug-likeness (QED) is 0.825. The van der Waals surface area contributed by atoms with Gasteiger partial charge in [0.1, 0.15) is 5.69 Å². The summed E-state index contributed by atoms with van der Waals surface area (Å²) in [6.07, 6.45) is 0. The predicted molar refractivity (Wildman–Crippen MR) is 95.3 cm³/mol. The molecule has 0 aliphatic rings.